The lowest BCUT2D eigenvalue weighted by molar-refractivity contribution is -0.133. The Bertz CT molecular complexity index is 869. The van der Waals surface area contributed by atoms with Gasteiger partial charge in [0.1, 0.15) is 0 Å². The van der Waals surface area contributed by atoms with Gasteiger partial charge in [0.25, 0.3) is 0 Å². The van der Waals surface area contributed by atoms with Crippen molar-refractivity contribution in [1.82, 2.24) is 30.2 Å². The van der Waals surface area contributed by atoms with Crippen LogP contribution in [0.3, 0.4) is 0 Å². The lowest BCUT2D eigenvalue weighted by Gasteiger charge is -2.26. The number of nitrogens with zero attached hydrogens (tertiary/aromatic N) is 5. The second kappa shape index (κ2) is 14.2. The quantitative estimate of drug-likeness (QED) is 0.200. The molecule has 2 heterocycles. The fourth-order valence-electron chi connectivity index (χ4n) is 4.10. The molecule has 0 aliphatic carbocycles. The van der Waals surface area contributed by atoms with E-state index in [0.717, 1.165) is 57.9 Å². The van der Waals surface area contributed by atoms with Crippen LogP contribution < -0.4 is 10.6 Å². The number of hydrogen-bond acceptors (Lipinski definition) is 4. The Morgan fingerprint density at radius 1 is 1.21 bits per heavy atom. The van der Waals surface area contributed by atoms with Crippen LogP contribution in [-0.4, -0.2) is 77.8 Å². The number of hydrogen-bond donors (Lipinski definition) is 2. The molecule has 1 fully saturated rings. The van der Waals surface area contributed by atoms with Crippen LogP contribution in [0, 0.1) is 0 Å². The number of carbonyl (C=O) groups excluding carboxylic acids is 1. The van der Waals surface area contributed by atoms with E-state index in [0.29, 0.717) is 6.54 Å². The summed E-state index contributed by atoms with van der Waals surface area (Å²) < 4.78 is 1.93. The summed E-state index contributed by atoms with van der Waals surface area (Å²) >= 11 is 0. The van der Waals surface area contributed by atoms with E-state index in [9.17, 15) is 4.79 Å². The summed E-state index contributed by atoms with van der Waals surface area (Å²) in [7, 11) is 3.68. The smallest absolute Gasteiger partial charge is 0.239 e. The molecule has 2 N–H and O–H groups in total. The van der Waals surface area contributed by atoms with E-state index in [1.165, 1.54) is 11.1 Å². The molecule has 3 rings (SSSR count). The van der Waals surface area contributed by atoms with Gasteiger partial charge in [-0.2, -0.15) is 5.10 Å². The van der Waals surface area contributed by atoms with Crippen molar-refractivity contribution >= 4 is 35.8 Å². The lowest BCUT2D eigenvalue weighted by Crippen LogP contribution is -2.44. The number of likely N-dealkylation sites (N-methyl/N-ethyl adjacent to an activating group) is 1. The minimum absolute atomic E-state index is 0. The summed E-state index contributed by atoms with van der Waals surface area (Å²) in [6.07, 6.45) is 6.81. The summed E-state index contributed by atoms with van der Waals surface area (Å²) in [6, 6.07) is 10.4. The molecule has 1 aromatic heterocycles. The highest BCUT2D eigenvalue weighted by Gasteiger charge is 2.30. The Kier molecular flexibility index (Phi) is 11.7. The van der Waals surface area contributed by atoms with Gasteiger partial charge in [0.2, 0.25) is 5.91 Å². The number of benzene rings is 1. The van der Waals surface area contributed by atoms with Crippen molar-refractivity contribution in [1.29, 1.82) is 0 Å². The normalized spacial score (nSPS) is 16.3. The van der Waals surface area contributed by atoms with Crippen molar-refractivity contribution in [2.75, 3.05) is 40.3 Å². The van der Waals surface area contributed by atoms with E-state index in [1.807, 2.05) is 31.0 Å². The van der Waals surface area contributed by atoms with E-state index in [2.05, 4.69) is 51.8 Å². The molecule has 1 aromatic carbocycles. The molecule has 0 saturated carbocycles. The number of guanidine groups is 1. The van der Waals surface area contributed by atoms with Crippen molar-refractivity contribution < 1.29 is 4.79 Å². The average molecular weight is 568 g/mol. The monoisotopic (exact) mass is 567 g/mol. The van der Waals surface area contributed by atoms with E-state index in [-0.39, 0.29) is 35.9 Å². The highest BCUT2D eigenvalue weighted by Crippen LogP contribution is 2.18. The Labute approximate surface area is 214 Å². The van der Waals surface area contributed by atoms with Crippen LogP contribution in [0.2, 0.25) is 0 Å². The number of aromatic nitrogens is 2. The fraction of sp³-hybridized carbons (Fsp3) is 0.542. The van der Waals surface area contributed by atoms with Gasteiger partial charge >= 0.3 is 0 Å². The molecule has 182 valence electrons. The molecule has 1 aliphatic heterocycles. The van der Waals surface area contributed by atoms with E-state index in [4.69, 9.17) is 4.99 Å². The third-order valence-electron chi connectivity index (χ3n) is 5.77. The average Bonchev–Trinajstić information content (AvgIpc) is 3.47. The topological polar surface area (TPSA) is 77.8 Å². The molecule has 0 spiro atoms. The zero-order chi connectivity index (χ0) is 22.8. The third-order valence-corrected chi connectivity index (χ3v) is 5.77. The minimum atomic E-state index is 0. The Morgan fingerprint density at radius 3 is 2.70 bits per heavy atom. The maximum atomic E-state index is 12.4. The lowest BCUT2D eigenvalue weighted by atomic mass is 10.1. The molecular weight excluding hydrogens is 529 g/mol. The molecule has 0 radical (unpaired) electrons. The SMILES string of the molecule is CCNC(=NCc1ccccc1Cn1cccn1)NCCCN1CCCC1C(=O)N(C)C.I. The number of rotatable bonds is 10. The van der Waals surface area contributed by atoms with Crippen LogP contribution in [0.4, 0.5) is 0 Å². The first-order valence-electron chi connectivity index (χ1n) is 11.6. The summed E-state index contributed by atoms with van der Waals surface area (Å²) in [5.74, 6) is 1.04. The summed E-state index contributed by atoms with van der Waals surface area (Å²) in [5.41, 5.74) is 2.42. The number of aliphatic imine (C=N–C) groups is 1. The van der Waals surface area contributed by atoms with Crippen LogP contribution in [0.5, 0.6) is 0 Å². The first-order valence-corrected chi connectivity index (χ1v) is 11.6. The van der Waals surface area contributed by atoms with Gasteiger partial charge < -0.3 is 15.5 Å². The molecule has 0 bridgehead atoms. The van der Waals surface area contributed by atoms with Crippen LogP contribution in [0.1, 0.15) is 37.3 Å². The van der Waals surface area contributed by atoms with Crippen molar-refractivity contribution in [3.8, 4) is 0 Å². The highest BCUT2D eigenvalue weighted by molar-refractivity contribution is 14.0. The first kappa shape index (κ1) is 27.1. The second-order valence-electron chi connectivity index (χ2n) is 8.37. The number of amides is 1. The van der Waals surface area contributed by atoms with Gasteiger partial charge in [-0.05, 0) is 49.9 Å². The number of likely N-dealkylation sites (tertiary alicyclic amines) is 1. The summed E-state index contributed by atoms with van der Waals surface area (Å²) in [4.78, 5) is 21.2. The van der Waals surface area contributed by atoms with Crippen LogP contribution in [-0.2, 0) is 17.9 Å². The molecule has 33 heavy (non-hydrogen) atoms. The van der Waals surface area contributed by atoms with Crippen molar-refractivity contribution in [3.63, 3.8) is 0 Å². The zero-order valence-corrected chi connectivity index (χ0v) is 22.4. The molecule has 1 unspecified atom stereocenters. The predicted molar refractivity (Wildman–Crippen MR) is 144 cm³/mol. The van der Waals surface area contributed by atoms with Crippen LogP contribution in [0.15, 0.2) is 47.7 Å². The second-order valence-corrected chi connectivity index (χ2v) is 8.37. The summed E-state index contributed by atoms with van der Waals surface area (Å²) in [6.45, 7) is 6.98. The fourth-order valence-corrected chi connectivity index (χ4v) is 4.10. The van der Waals surface area contributed by atoms with E-state index in [1.54, 1.807) is 11.1 Å². The van der Waals surface area contributed by atoms with Gasteiger partial charge in [0, 0.05) is 46.1 Å². The molecular formula is C24H38IN7O. The largest absolute Gasteiger partial charge is 0.357 e. The predicted octanol–water partition coefficient (Wildman–Crippen LogP) is 2.55. The Morgan fingerprint density at radius 2 is 2.00 bits per heavy atom. The van der Waals surface area contributed by atoms with Crippen LogP contribution in [0.25, 0.3) is 0 Å². The molecule has 1 aliphatic rings. The Hall–Kier alpha value is -2.14. The first-order chi connectivity index (χ1) is 15.6. The maximum absolute atomic E-state index is 12.4. The standard InChI is InChI=1S/C24H37N7O.HI/c1-4-25-24(26-13-8-16-30-15-7-12-22(30)23(32)29(2)3)27-18-20-10-5-6-11-21(20)19-31-17-9-14-28-31;/h5-6,9-11,14,17,22H,4,7-8,12-13,15-16,18-19H2,1-3H3,(H2,25,26,27);1H. The van der Waals surface area contributed by atoms with Gasteiger partial charge in [-0.1, -0.05) is 24.3 Å². The third kappa shape index (κ3) is 8.29. The molecule has 1 saturated heterocycles. The van der Waals surface area contributed by atoms with Crippen molar-refractivity contribution in [2.45, 2.75) is 45.3 Å². The maximum Gasteiger partial charge on any atom is 0.239 e. The molecule has 1 amide bonds. The highest BCUT2D eigenvalue weighted by atomic mass is 127. The Balaban J connectivity index is 0.00000385. The molecule has 2 aromatic rings. The number of nitrogens with one attached hydrogen (secondary N) is 2. The van der Waals surface area contributed by atoms with Gasteiger partial charge in [0.15, 0.2) is 5.96 Å². The van der Waals surface area contributed by atoms with Crippen LogP contribution >= 0.6 is 24.0 Å². The van der Waals surface area contributed by atoms with Gasteiger partial charge in [-0.25, -0.2) is 4.99 Å². The van der Waals surface area contributed by atoms with Crippen molar-refractivity contribution in [3.05, 3.63) is 53.9 Å². The van der Waals surface area contributed by atoms with E-state index < -0.39 is 0 Å². The van der Waals surface area contributed by atoms with Crippen molar-refractivity contribution in [2.24, 2.45) is 4.99 Å². The summed E-state index contributed by atoms with van der Waals surface area (Å²) in [5, 5.41) is 11.1. The molecule has 1 atom stereocenters. The molecule has 9 heteroatoms. The van der Waals surface area contributed by atoms with E-state index >= 15 is 0 Å². The van der Waals surface area contributed by atoms with Gasteiger partial charge in [-0.15, -0.1) is 24.0 Å². The number of carbonyl (C=O) groups is 1. The zero-order valence-electron chi connectivity index (χ0n) is 20.0. The van der Waals surface area contributed by atoms with Gasteiger partial charge in [0.05, 0.1) is 19.1 Å². The van der Waals surface area contributed by atoms with Gasteiger partial charge in [-0.3, -0.25) is 14.4 Å². The number of halogens is 1. The minimum Gasteiger partial charge on any atom is -0.357 e. The molecule has 8 nitrogen and oxygen atoms in total.